The molecule has 0 unspecified atom stereocenters. The van der Waals surface area contributed by atoms with Crippen LogP contribution in [0.1, 0.15) is 17.0 Å². The Kier molecular flexibility index (Phi) is 4.35. The SMILES string of the molecule is Cc1noc(C)c1CNS(=O)(=O)c1cc(N)c(F)cc1Br. The van der Waals surface area contributed by atoms with Gasteiger partial charge in [-0.3, -0.25) is 0 Å². The van der Waals surface area contributed by atoms with Crippen LogP contribution < -0.4 is 10.5 Å². The number of nitrogens with one attached hydrogen (secondary N) is 1. The fraction of sp³-hybridized carbons (Fsp3) is 0.250. The van der Waals surface area contributed by atoms with Crippen LogP contribution in [-0.2, 0) is 16.6 Å². The maximum Gasteiger partial charge on any atom is 0.242 e. The second-order valence-corrected chi connectivity index (χ2v) is 7.02. The summed E-state index contributed by atoms with van der Waals surface area (Å²) in [6.45, 7) is 3.43. The molecule has 114 valence electrons. The molecular formula is C12H13BrFN3O3S. The Morgan fingerprint density at radius 3 is 2.67 bits per heavy atom. The summed E-state index contributed by atoms with van der Waals surface area (Å²) >= 11 is 3.02. The van der Waals surface area contributed by atoms with E-state index in [1.807, 2.05) is 0 Å². The van der Waals surface area contributed by atoms with E-state index < -0.39 is 15.8 Å². The van der Waals surface area contributed by atoms with Crippen molar-refractivity contribution in [3.05, 3.63) is 39.4 Å². The predicted molar refractivity (Wildman–Crippen MR) is 78.5 cm³/mol. The molecule has 0 amide bonds. The van der Waals surface area contributed by atoms with Crippen molar-refractivity contribution in [3.63, 3.8) is 0 Å². The molecule has 0 aliphatic carbocycles. The smallest absolute Gasteiger partial charge is 0.242 e. The van der Waals surface area contributed by atoms with Gasteiger partial charge >= 0.3 is 0 Å². The standard InChI is InChI=1S/C12H13BrFN3O3S/c1-6-8(7(2)20-17-6)5-16-21(18,19)12-4-11(15)10(14)3-9(12)13/h3-4,16H,5,15H2,1-2H3. The van der Waals surface area contributed by atoms with Crippen molar-refractivity contribution in [1.29, 1.82) is 0 Å². The van der Waals surface area contributed by atoms with E-state index in [9.17, 15) is 12.8 Å². The molecule has 1 aromatic heterocycles. The second-order valence-electron chi connectivity index (χ2n) is 4.43. The first-order valence-corrected chi connectivity index (χ1v) is 8.16. The van der Waals surface area contributed by atoms with Crippen LogP contribution in [0.2, 0.25) is 0 Å². The van der Waals surface area contributed by atoms with Gasteiger partial charge in [0.25, 0.3) is 0 Å². The van der Waals surface area contributed by atoms with Gasteiger partial charge in [0.05, 0.1) is 16.3 Å². The largest absolute Gasteiger partial charge is 0.396 e. The first-order chi connectivity index (χ1) is 9.72. The number of halogens is 2. The number of hydrogen-bond donors (Lipinski definition) is 2. The monoisotopic (exact) mass is 377 g/mol. The van der Waals surface area contributed by atoms with Crippen LogP contribution >= 0.6 is 15.9 Å². The summed E-state index contributed by atoms with van der Waals surface area (Å²) < 4.78 is 45.3. The number of aryl methyl sites for hydroxylation is 2. The summed E-state index contributed by atoms with van der Waals surface area (Å²) in [5.74, 6) is -0.153. The normalized spacial score (nSPS) is 11.8. The van der Waals surface area contributed by atoms with Crippen molar-refractivity contribution >= 4 is 31.6 Å². The van der Waals surface area contributed by atoms with Gasteiger partial charge in [-0.05, 0) is 41.9 Å². The maximum atomic E-state index is 13.3. The Labute approximate surface area is 129 Å². The third-order valence-electron chi connectivity index (χ3n) is 2.96. The van der Waals surface area contributed by atoms with E-state index in [-0.39, 0.29) is 21.6 Å². The molecule has 0 radical (unpaired) electrons. The van der Waals surface area contributed by atoms with Gasteiger partial charge in [-0.2, -0.15) is 0 Å². The molecule has 2 rings (SSSR count). The number of nitrogens with two attached hydrogens (primary N) is 1. The van der Waals surface area contributed by atoms with Gasteiger partial charge in [-0.15, -0.1) is 0 Å². The highest BCUT2D eigenvalue weighted by Crippen LogP contribution is 2.27. The van der Waals surface area contributed by atoms with E-state index in [2.05, 4.69) is 25.8 Å². The minimum absolute atomic E-state index is 0.0211. The summed E-state index contributed by atoms with van der Waals surface area (Å²) in [5, 5.41) is 3.74. The lowest BCUT2D eigenvalue weighted by Crippen LogP contribution is -2.24. The minimum Gasteiger partial charge on any atom is -0.396 e. The van der Waals surface area contributed by atoms with Gasteiger partial charge in [0.1, 0.15) is 11.6 Å². The zero-order valence-corrected chi connectivity index (χ0v) is 13.7. The van der Waals surface area contributed by atoms with E-state index in [1.54, 1.807) is 13.8 Å². The van der Waals surface area contributed by atoms with Crippen LogP contribution in [0.4, 0.5) is 10.1 Å². The lowest BCUT2D eigenvalue weighted by atomic mass is 10.2. The molecule has 1 aromatic carbocycles. The predicted octanol–water partition coefficient (Wildman–Crippen LogP) is 2.25. The highest BCUT2D eigenvalue weighted by Gasteiger charge is 2.21. The summed E-state index contributed by atoms with van der Waals surface area (Å²) in [6, 6.07) is 2.08. The summed E-state index contributed by atoms with van der Waals surface area (Å²) in [4.78, 5) is -0.131. The van der Waals surface area contributed by atoms with Crippen LogP contribution in [0.15, 0.2) is 26.0 Å². The van der Waals surface area contributed by atoms with Crippen molar-refractivity contribution in [2.24, 2.45) is 0 Å². The van der Waals surface area contributed by atoms with E-state index in [4.69, 9.17) is 10.3 Å². The molecule has 0 aliphatic rings. The molecule has 21 heavy (non-hydrogen) atoms. The van der Waals surface area contributed by atoms with Gasteiger partial charge in [-0.25, -0.2) is 17.5 Å². The molecule has 2 aromatic rings. The van der Waals surface area contributed by atoms with Crippen molar-refractivity contribution in [2.75, 3.05) is 5.73 Å². The van der Waals surface area contributed by atoms with Crippen molar-refractivity contribution in [1.82, 2.24) is 9.88 Å². The number of nitrogens with zero attached hydrogens (tertiary/aromatic N) is 1. The molecule has 0 aliphatic heterocycles. The Morgan fingerprint density at radius 1 is 1.43 bits per heavy atom. The van der Waals surface area contributed by atoms with Gasteiger partial charge in [0, 0.05) is 16.6 Å². The van der Waals surface area contributed by atoms with Crippen LogP contribution in [0.5, 0.6) is 0 Å². The van der Waals surface area contributed by atoms with Crippen LogP contribution in [0.3, 0.4) is 0 Å². The Hall–Kier alpha value is -1.45. The average Bonchev–Trinajstić information content (AvgIpc) is 2.71. The minimum atomic E-state index is -3.85. The Balaban J connectivity index is 2.29. The van der Waals surface area contributed by atoms with Crippen LogP contribution in [0.25, 0.3) is 0 Å². The molecule has 0 fully saturated rings. The first kappa shape index (κ1) is 15.9. The maximum absolute atomic E-state index is 13.3. The van der Waals surface area contributed by atoms with E-state index >= 15 is 0 Å². The number of rotatable bonds is 4. The molecule has 0 saturated carbocycles. The van der Waals surface area contributed by atoms with E-state index in [0.29, 0.717) is 17.0 Å². The molecule has 9 heteroatoms. The van der Waals surface area contributed by atoms with Gasteiger partial charge in [0.15, 0.2) is 0 Å². The quantitative estimate of drug-likeness (QED) is 0.796. The lowest BCUT2D eigenvalue weighted by Gasteiger charge is -2.09. The number of aromatic nitrogens is 1. The van der Waals surface area contributed by atoms with Crippen LogP contribution in [0, 0.1) is 19.7 Å². The van der Waals surface area contributed by atoms with E-state index in [0.717, 1.165) is 12.1 Å². The molecule has 3 N–H and O–H groups in total. The highest BCUT2D eigenvalue weighted by molar-refractivity contribution is 9.10. The third-order valence-corrected chi connectivity index (χ3v) is 5.32. The zero-order chi connectivity index (χ0) is 15.8. The number of benzene rings is 1. The fourth-order valence-corrected chi connectivity index (χ4v) is 3.79. The molecule has 0 saturated heterocycles. The van der Waals surface area contributed by atoms with Gasteiger partial charge in [-0.1, -0.05) is 5.16 Å². The third kappa shape index (κ3) is 3.25. The lowest BCUT2D eigenvalue weighted by molar-refractivity contribution is 0.392. The zero-order valence-electron chi connectivity index (χ0n) is 11.3. The topological polar surface area (TPSA) is 98.2 Å². The first-order valence-electron chi connectivity index (χ1n) is 5.88. The molecule has 6 nitrogen and oxygen atoms in total. The molecule has 0 spiro atoms. The van der Waals surface area contributed by atoms with Crippen LogP contribution in [-0.4, -0.2) is 13.6 Å². The van der Waals surface area contributed by atoms with Gasteiger partial charge < -0.3 is 10.3 Å². The summed E-state index contributed by atoms with van der Waals surface area (Å²) in [5.41, 5.74) is 6.43. The van der Waals surface area contributed by atoms with Gasteiger partial charge in [0.2, 0.25) is 10.0 Å². The van der Waals surface area contributed by atoms with Crippen molar-refractivity contribution in [2.45, 2.75) is 25.3 Å². The number of anilines is 1. The highest BCUT2D eigenvalue weighted by atomic mass is 79.9. The molecular weight excluding hydrogens is 365 g/mol. The number of nitrogen functional groups attached to an aromatic ring is 1. The molecule has 0 bridgehead atoms. The average molecular weight is 378 g/mol. The second kappa shape index (κ2) is 5.74. The number of hydrogen-bond acceptors (Lipinski definition) is 5. The van der Waals surface area contributed by atoms with Crippen molar-refractivity contribution < 1.29 is 17.3 Å². The Morgan fingerprint density at radius 2 is 2.10 bits per heavy atom. The molecule has 1 heterocycles. The number of sulfonamides is 1. The summed E-state index contributed by atoms with van der Waals surface area (Å²) in [7, 11) is -3.85. The molecule has 0 atom stereocenters. The fourth-order valence-electron chi connectivity index (χ4n) is 1.75. The summed E-state index contributed by atoms with van der Waals surface area (Å²) in [6.07, 6.45) is 0. The Bertz CT molecular complexity index is 770. The van der Waals surface area contributed by atoms with Crippen molar-refractivity contribution in [3.8, 4) is 0 Å². The van der Waals surface area contributed by atoms with E-state index in [1.165, 1.54) is 0 Å².